The average Bonchev–Trinajstić information content (AvgIpc) is 2.39. The van der Waals surface area contributed by atoms with Crippen molar-refractivity contribution in [3.8, 4) is 0 Å². The SMILES string of the molecule is ON=C1CCCCCCCCCCCCCCC1. The first-order chi connectivity index (χ1) is 8.93. The maximum Gasteiger partial charge on any atom is 0.0570 e. The molecule has 0 aromatic carbocycles. The van der Waals surface area contributed by atoms with E-state index in [1.807, 2.05) is 0 Å². The Morgan fingerprint density at radius 2 is 0.778 bits per heavy atom. The first kappa shape index (κ1) is 15.5. The molecule has 2 heteroatoms. The van der Waals surface area contributed by atoms with Gasteiger partial charge in [0.25, 0.3) is 0 Å². The van der Waals surface area contributed by atoms with Gasteiger partial charge in [-0.25, -0.2) is 0 Å². The van der Waals surface area contributed by atoms with Gasteiger partial charge >= 0.3 is 0 Å². The predicted octanol–water partition coefficient (Wildman–Crippen LogP) is 5.68. The average molecular weight is 253 g/mol. The van der Waals surface area contributed by atoms with Crippen LogP contribution in [0.5, 0.6) is 0 Å². The van der Waals surface area contributed by atoms with Crippen molar-refractivity contribution in [2.75, 3.05) is 0 Å². The van der Waals surface area contributed by atoms with Gasteiger partial charge in [-0.2, -0.15) is 0 Å². The Bertz CT molecular complexity index is 195. The molecule has 1 aliphatic rings. The van der Waals surface area contributed by atoms with Gasteiger partial charge in [0, 0.05) is 0 Å². The number of nitrogens with zero attached hydrogens (tertiary/aromatic N) is 1. The molecule has 0 atom stereocenters. The van der Waals surface area contributed by atoms with Crippen LogP contribution in [0.15, 0.2) is 5.16 Å². The van der Waals surface area contributed by atoms with Gasteiger partial charge in [0.1, 0.15) is 0 Å². The van der Waals surface area contributed by atoms with Gasteiger partial charge in [-0.15, -0.1) is 0 Å². The smallest absolute Gasteiger partial charge is 0.0570 e. The van der Waals surface area contributed by atoms with Crippen LogP contribution in [-0.4, -0.2) is 10.9 Å². The van der Waals surface area contributed by atoms with Gasteiger partial charge in [0.15, 0.2) is 0 Å². The van der Waals surface area contributed by atoms with Crippen molar-refractivity contribution in [3.05, 3.63) is 0 Å². The molecule has 18 heavy (non-hydrogen) atoms. The number of hydrogen-bond acceptors (Lipinski definition) is 2. The minimum absolute atomic E-state index is 1.01. The van der Waals surface area contributed by atoms with E-state index in [1.54, 1.807) is 0 Å². The number of hydrogen-bond donors (Lipinski definition) is 1. The van der Waals surface area contributed by atoms with Crippen LogP contribution in [0, 0.1) is 0 Å². The molecule has 0 unspecified atom stereocenters. The molecule has 1 aliphatic carbocycles. The van der Waals surface area contributed by atoms with Crippen LogP contribution in [0.2, 0.25) is 0 Å². The maximum atomic E-state index is 8.97. The van der Waals surface area contributed by atoms with Crippen LogP contribution in [-0.2, 0) is 0 Å². The molecule has 0 bridgehead atoms. The van der Waals surface area contributed by atoms with Crippen molar-refractivity contribution < 1.29 is 5.21 Å². The van der Waals surface area contributed by atoms with Crippen molar-refractivity contribution in [3.63, 3.8) is 0 Å². The molecule has 0 aromatic rings. The van der Waals surface area contributed by atoms with E-state index in [-0.39, 0.29) is 0 Å². The van der Waals surface area contributed by atoms with Crippen molar-refractivity contribution in [1.82, 2.24) is 0 Å². The molecule has 1 N–H and O–H groups in total. The van der Waals surface area contributed by atoms with Gasteiger partial charge in [-0.3, -0.25) is 0 Å². The van der Waals surface area contributed by atoms with E-state index >= 15 is 0 Å². The summed E-state index contributed by atoms with van der Waals surface area (Å²) in [6, 6.07) is 0. The van der Waals surface area contributed by atoms with Crippen LogP contribution in [0.4, 0.5) is 0 Å². The van der Waals surface area contributed by atoms with E-state index < -0.39 is 0 Å². The zero-order valence-electron chi connectivity index (χ0n) is 12.0. The minimum atomic E-state index is 1.01. The number of oxime groups is 1. The molecule has 0 saturated heterocycles. The van der Waals surface area contributed by atoms with Crippen molar-refractivity contribution in [1.29, 1.82) is 0 Å². The topological polar surface area (TPSA) is 32.6 Å². The number of rotatable bonds is 0. The first-order valence-electron chi connectivity index (χ1n) is 8.13. The first-order valence-corrected chi connectivity index (χ1v) is 8.13. The Balaban J connectivity index is 2.19. The lowest BCUT2D eigenvalue weighted by Crippen LogP contribution is -1.99. The van der Waals surface area contributed by atoms with E-state index in [2.05, 4.69) is 5.16 Å². The fraction of sp³-hybridized carbons (Fsp3) is 0.938. The molecule has 0 heterocycles. The summed E-state index contributed by atoms with van der Waals surface area (Å²) in [6.45, 7) is 0. The van der Waals surface area contributed by atoms with E-state index in [0.717, 1.165) is 18.6 Å². The molecule has 0 aromatic heterocycles. The van der Waals surface area contributed by atoms with Crippen LogP contribution in [0.25, 0.3) is 0 Å². The van der Waals surface area contributed by atoms with E-state index in [9.17, 15) is 0 Å². The zero-order valence-corrected chi connectivity index (χ0v) is 12.0. The third-order valence-corrected chi connectivity index (χ3v) is 4.07. The molecule has 106 valence electrons. The van der Waals surface area contributed by atoms with Crippen molar-refractivity contribution in [2.24, 2.45) is 5.16 Å². The molecule has 0 aliphatic heterocycles. The molecular formula is C16H31NO. The molecule has 0 amide bonds. The quantitative estimate of drug-likeness (QED) is 0.437. The highest BCUT2D eigenvalue weighted by Gasteiger charge is 2.02. The molecule has 0 spiro atoms. The summed E-state index contributed by atoms with van der Waals surface area (Å²) in [5.41, 5.74) is 1.03. The van der Waals surface area contributed by atoms with Gasteiger partial charge in [-0.1, -0.05) is 75.8 Å². The highest BCUT2D eigenvalue weighted by Crippen LogP contribution is 2.15. The van der Waals surface area contributed by atoms with Crippen LogP contribution >= 0.6 is 0 Å². The van der Waals surface area contributed by atoms with E-state index in [1.165, 1.54) is 83.5 Å². The van der Waals surface area contributed by atoms with Gasteiger partial charge in [0.2, 0.25) is 0 Å². The summed E-state index contributed by atoms with van der Waals surface area (Å²) in [6.07, 6.45) is 19.7. The fourth-order valence-electron chi connectivity index (χ4n) is 2.83. The molecule has 1 fully saturated rings. The monoisotopic (exact) mass is 253 g/mol. The van der Waals surface area contributed by atoms with E-state index in [0.29, 0.717) is 0 Å². The second kappa shape index (κ2) is 11.6. The lowest BCUT2D eigenvalue weighted by Gasteiger charge is -2.07. The van der Waals surface area contributed by atoms with Crippen LogP contribution in [0.1, 0.15) is 96.3 Å². The summed E-state index contributed by atoms with van der Waals surface area (Å²) in [4.78, 5) is 0. The summed E-state index contributed by atoms with van der Waals surface area (Å²) >= 11 is 0. The Hall–Kier alpha value is -0.530. The van der Waals surface area contributed by atoms with Gasteiger partial charge in [0.05, 0.1) is 5.71 Å². The zero-order chi connectivity index (χ0) is 12.9. The van der Waals surface area contributed by atoms with Crippen molar-refractivity contribution in [2.45, 2.75) is 96.3 Å². The lowest BCUT2D eigenvalue weighted by atomic mass is 10.0. The van der Waals surface area contributed by atoms with Crippen molar-refractivity contribution >= 4 is 5.71 Å². The largest absolute Gasteiger partial charge is 0.411 e. The lowest BCUT2D eigenvalue weighted by molar-refractivity contribution is 0.315. The minimum Gasteiger partial charge on any atom is -0.411 e. The Morgan fingerprint density at radius 3 is 1.06 bits per heavy atom. The standard InChI is InChI=1S/C16H31NO/c18-17-16-14-12-10-8-6-4-2-1-3-5-7-9-11-13-15-16/h18H,1-15H2. The Kier molecular flexibility index (Phi) is 9.97. The third-order valence-electron chi connectivity index (χ3n) is 4.07. The molecule has 2 nitrogen and oxygen atoms in total. The van der Waals surface area contributed by atoms with Gasteiger partial charge in [-0.05, 0) is 25.7 Å². The Labute approximate surface area is 113 Å². The Morgan fingerprint density at radius 1 is 0.500 bits per heavy atom. The second-order valence-corrected chi connectivity index (χ2v) is 5.76. The summed E-state index contributed by atoms with van der Waals surface area (Å²) in [7, 11) is 0. The van der Waals surface area contributed by atoms with Crippen LogP contribution < -0.4 is 0 Å². The van der Waals surface area contributed by atoms with Crippen LogP contribution in [0.3, 0.4) is 0 Å². The summed E-state index contributed by atoms with van der Waals surface area (Å²) in [5.74, 6) is 0. The highest BCUT2D eigenvalue weighted by atomic mass is 16.4. The third kappa shape index (κ3) is 8.54. The maximum absolute atomic E-state index is 8.97. The highest BCUT2D eigenvalue weighted by molar-refractivity contribution is 5.83. The molecule has 1 rings (SSSR count). The molecule has 1 saturated carbocycles. The predicted molar refractivity (Wildman–Crippen MR) is 78.5 cm³/mol. The van der Waals surface area contributed by atoms with E-state index in [4.69, 9.17) is 5.21 Å². The normalized spacial score (nSPS) is 22.6. The summed E-state index contributed by atoms with van der Waals surface area (Å²) in [5, 5.41) is 12.4. The fourth-order valence-corrected chi connectivity index (χ4v) is 2.83. The second-order valence-electron chi connectivity index (χ2n) is 5.76. The summed E-state index contributed by atoms with van der Waals surface area (Å²) < 4.78 is 0. The van der Waals surface area contributed by atoms with Gasteiger partial charge < -0.3 is 5.21 Å². The molecule has 0 radical (unpaired) electrons. The molecular weight excluding hydrogens is 222 g/mol.